The third-order valence-corrected chi connectivity index (χ3v) is 5.89. The van der Waals surface area contributed by atoms with Crippen molar-refractivity contribution in [1.82, 2.24) is 24.1 Å². The van der Waals surface area contributed by atoms with Crippen molar-refractivity contribution in [3.63, 3.8) is 0 Å². The minimum Gasteiger partial charge on any atom is -0.339 e. The van der Waals surface area contributed by atoms with Crippen molar-refractivity contribution in [2.45, 2.75) is 32.6 Å². The molecule has 4 aromatic rings. The van der Waals surface area contributed by atoms with Gasteiger partial charge in [-0.05, 0) is 49.6 Å². The smallest absolute Gasteiger partial charge is 0.253 e. The first-order chi connectivity index (χ1) is 14.1. The van der Waals surface area contributed by atoms with Gasteiger partial charge in [0.05, 0.1) is 17.4 Å². The molecular formula is C23H25N5O. The largest absolute Gasteiger partial charge is 0.339 e. The fourth-order valence-electron chi connectivity index (χ4n) is 4.30. The number of benzene rings is 1. The number of aromatic nitrogens is 4. The Morgan fingerprint density at radius 3 is 2.62 bits per heavy atom. The predicted molar refractivity (Wildman–Crippen MR) is 114 cm³/mol. The molecule has 1 aliphatic rings. The summed E-state index contributed by atoms with van der Waals surface area (Å²) in [5, 5.41) is 5.80. The van der Waals surface area contributed by atoms with E-state index in [4.69, 9.17) is 5.10 Å². The number of aryl methyl sites for hydroxylation is 2. The molecule has 5 rings (SSSR count). The van der Waals surface area contributed by atoms with Gasteiger partial charge >= 0.3 is 0 Å². The van der Waals surface area contributed by atoms with Crippen molar-refractivity contribution in [2.75, 3.05) is 13.1 Å². The maximum atomic E-state index is 13.0. The van der Waals surface area contributed by atoms with E-state index in [1.54, 1.807) is 0 Å². The number of hydrogen-bond donors (Lipinski definition) is 0. The van der Waals surface area contributed by atoms with Crippen LogP contribution in [0.4, 0.5) is 0 Å². The zero-order chi connectivity index (χ0) is 20.0. The minimum atomic E-state index is 0.127. The van der Waals surface area contributed by atoms with Crippen LogP contribution in [0.5, 0.6) is 0 Å². The van der Waals surface area contributed by atoms with Gasteiger partial charge in [-0.1, -0.05) is 18.9 Å². The first-order valence-electron chi connectivity index (χ1n) is 10.3. The van der Waals surface area contributed by atoms with Crippen molar-refractivity contribution in [1.29, 1.82) is 0 Å². The van der Waals surface area contributed by atoms with Crippen molar-refractivity contribution in [3.8, 4) is 11.4 Å². The molecule has 0 saturated carbocycles. The molecule has 6 heteroatoms. The van der Waals surface area contributed by atoms with Crippen LogP contribution in [0.15, 0.2) is 42.7 Å². The van der Waals surface area contributed by atoms with Crippen LogP contribution < -0.4 is 0 Å². The standard InChI is InChI=1S/C23H25N5O/c1-16-7-10-21-24-14-20(28(21)15-16)22-18-9-8-17(13-19(18)26(2)25-22)23(29)27-11-5-3-4-6-12-27/h7-10,13-15H,3-6,11-12H2,1-2H3. The van der Waals surface area contributed by atoms with E-state index in [2.05, 4.69) is 28.6 Å². The van der Waals surface area contributed by atoms with E-state index in [1.807, 2.05) is 47.1 Å². The highest BCUT2D eigenvalue weighted by Gasteiger charge is 2.20. The SMILES string of the molecule is Cc1ccc2ncc(-c3nn(C)c4cc(C(=O)N5CCCCCC5)ccc34)n2c1. The maximum absolute atomic E-state index is 13.0. The third kappa shape index (κ3) is 3.09. The second-order valence-electron chi connectivity index (χ2n) is 7.99. The average molecular weight is 387 g/mol. The third-order valence-electron chi connectivity index (χ3n) is 5.89. The van der Waals surface area contributed by atoms with E-state index in [0.717, 1.165) is 59.4 Å². The predicted octanol–water partition coefficient (Wildman–Crippen LogP) is 4.21. The molecule has 29 heavy (non-hydrogen) atoms. The number of hydrogen-bond acceptors (Lipinski definition) is 3. The summed E-state index contributed by atoms with van der Waals surface area (Å²) in [6, 6.07) is 10.0. The summed E-state index contributed by atoms with van der Waals surface area (Å²) in [6.45, 7) is 3.78. The van der Waals surface area contributed by atoms with Crippen LogP contribution in [0.3, 0.4) is 0 Å². The number of imidazole rings is 1. The van der Waals surface area contributed by atoms with Crippen LogP contribution >= 0.6 is 0 Å². The Bertz CT molecular complexity index is 1210. The quantitative estimate of drug-likeness (QED) is 0.518. The zero-order valence-corrected chi connectivity index (χ0v) is 16.9. The molecule has 0 aliphatic carbocycles. The Morgan fingerprint density at radius 2 is 1.83 bits per heavy atom. The van der Waals surface area contributed by atoms with Gasteiger partial charge in [-0.15, -0.1) is 0 Å². The molecule has 1 aliphatic heterocycles. The van der Waals surface area contributed by atoms with E-state index in [1.165, 1.54) is 18.4 Å². The molecule has 1 amide bonds. The molecule has 0 radical (unpaired) electrons. The molecule has 3 aromatic heterocycles. The first-order valence-corrected chi connectivity index (χ1v) is 10.3. The van der Waals surface area contributed by atoms with Crippen LogP contribution in [0.1, 0.15) is 41.6 Å². The molecule has 0 bridgehead atoms. The Hall–Kier alpha value is -3.15. The average Bonchev–Trinajstić information content (AvgIpc) is 3.15. The molecule has 148 valence electrons. The van der Waals surface area contributed by atoms with Crippen molar-refractivity contribution < 1.29 is 4.79 Å². The number of likely N-dealkylation sites (tertiary alicyclic amines) is 1. The van der Waals surface area contributed by atoms with Gasteiger partial charge in [-0.2, -0.15) is 5.10 Å². The lowest BCUT2D eigenvalue weighted by atomic mass is 10.1. The maximum Gasteiger partial charge on any atom is 0.253 e. The molecule has 0 spiro atoms. The van der Waals surface area contributed by atoms with Crippen LogP contribution in [0.25, 0.3) is 27.9 Å². The Labute approximate surface area is 169 Å². The van der Waals surface area contributed by atoms with Gasteiger partial charge in [0.2, 0.25) is 0 Å². The van der Waals surface area contributed by atoms with Crippen molar-refractivity contribution in [3.05, 3.63) is 53.9 Å². The van der Waals surface area contributed by atoms with Crippen molar-refractivity contribution >= 4 is 22.5 Å². The Balaban J connectivity index is 1.57. The molecule has 4 heterocycles. The highest BCUT2D eigenvalue weighted by atomic mass is 16.2. The first kappa shape index (κ1) is 17.9. The number of pyridine rings is 1. The van der Waals surface area contributed by atoms with Crippen LogP contribution in [-0.2, 0) is 7.05 Å². The van der Waals surface area contributed by atoms with E-state index < -0.39 is 0 Å². The lowest BCUT2D eigenvalue weighted by Gasteiger charge is -2.20. The molecular weight excluding hydrogens is 362 g/mol. The van der Waals surface area contributed by atoms with E-state index >= 15 is 0 Å². The fourth-order valence-corrected chi connectivity index (χ4v) is 4.30. The summed E-state index contributed by atoms with van der Waals surface area (Å²) in [4.78, 5) is 19.6. The van der Waals surface area contributed by atoms with Crippen molar-refractivity contribution in [2.24, 2.45) is 7.05 Å². The van der Waals surface area contributed by atoms with Crippen LogP contribution in [-0.4, -0.2) is 43.1 Å². The number of amides is 1. The zero-order valence-electron chi connectivity index (χ0n) is 16.9. The summed E-state index contributed by atoms with van der Waals surface area (Å²) < 4.78 is 3.94. The molecule has 0 atom stereocenters. The molecule has 1 saturated heterocycles. The number of fused-ring (bicyclic) bond motifs is 2. The Kier molecular flexibility index (Phi) is 4.34. The molecule has 1 fully saturated rings. The lowest BCUT2D eigenvalue weighted by molar-refractivity contribution is 0.0762. The van der Waals surface area contributed by atoms with Crippen LogP contribution in [0.2, 0.25) is 0 Å². The second kappa shape index (κ2) is 7.03. The summed E-state index contributed by atoms with van der Waals surface area (Å²) in [6.07, 6.45) is 8.57. The normalized spacial score (nSPS) is 15.2. The second-order valence-corrected chi connectivity index (χ2v) is 7.99. The number of rotatable bonds is 2. The van der Waals surface area contributed by atoms with E-state index in [-0.39, 0.29) is 5.91 Å². The summed E-state index contributed by atoms with van der Waals surface area (Å²) in [5.74, 6) is 0.127. The highest BCUT2D eigenvalue weighted by Crippen LogP contribution is 2.29. The Morgan fingerprint density at radius 1 is 1.03 bits per heavy atom. The van der Waals surface area contributed by atoms with Gasteiger partial charge in [0.25, 0.3) is 5.91 Å². The van der Waals surface area contributed by atoms with Crippen LogP contribution in [0, 0.1) is 6.92 Å². The van der Waals surface area contributed by atoms with Gasteiger partial charge in [-0.25, -0.2) is 4.98 Å². The monoisotopic (exact) mass is 387 g/mol. The minimum absolute atomic E-state index is 0.127. The number of carbonyl (C=O) groups excluding carboxylic acids is 1. The lowest BCUT2D eigenvalue weighted by Crippen LogP contribution is -2.31. The topological polar surface area (TPSA) is 55.4 Å². The molecule has 6 nitrogen and oxygen atoms in total. The highest BCUT2D eigenvalue weighted by molar-refractivity contribution is 6.01. The molecule has 0 N–H and O–H groups in total. The summed E-state index contributed by atoms with van der Waals surface area (Å²) in [5.41, 5.74) is 5.61. The van der Waals surface area contributed by atoms with E-state index in [0.29, 0.717) is 0 Å². The summed E-state index contributed by atoms with van der Waals surface area (Å²) >= 11 is 0. The van der Waals surface area contributed by atoms with E-state index in [9.17, 15) is 4.79 Å². The molecule has 0 unspecified atom stereocenters. The molecule has 1 aromatic carbocycles. The van der Waals surface area contributed by atoms with Gasteiger partial charge in [0, 0.05) is 37.3 Å². The van der Waals surface area contributed by atoms with Gasteiger partial charge < -0.3 is 4.90 Å². The fraction of sp³-hybridized carbons (Fsp3) is 0.348. The van der Waals surface area contributed by atoms with Gasteiger partial charge in [0.15, 0.2) is 0 Å². The van der Waals surface area contributed by atoms with Gasteiger partial charge in [-0.3, -0.25) is 13.9 Å². The summed E-state index contributed by atoms with van der Waals surface area (Å²) in [7, 11) is 1.93. The number of carbonyl (C=O) groups is 1. The van der Waals surface area contributed by atoms with Gasteiger partial charge in [0.1, 0.15) is 11.3 Å². The number of nitrogens with zero attached hydrogens (tertiary/aromatic N) is 5.